The number of hydrogen-bond donors (Lipinski definition) is 2. The molecule has 0 aliphatic heterocycles. The lowest BCUT2D eigenvalue weighted by molar-refractivity contribution is -0.120. The third-order valence-electron chi connectivity index (χ3n) is 3.82. The molecule has 0 spiro atoms. The normalized spacial score (nSPS) is 11.5. The van der Waals surface area contributed by atoms with E-state index >= 15 is 0 Å². The molecule has 0 atom stereocenters. The van der Waals surface area contributed by atoms with E-state index in [0.717, 1.165) is 15.7 Å². The Kier molecular flexibility index (Phi) is 3.91. The molecule has 2 aromatic carbocycles. The summed E-state index contributed by atoms with van der Waals surface area (Å²) >= 11 is 1.52. The van der Waals surface area contributed by atoms with Crippen molar-refractivity contribution in [3.05, 3.63) is 65.4 Å². The summed E-state index contributed by atoms with van der Waals surface area (Å²) in [5.74, 6) is -0.146. The van der Waals surface area contributed by atoms with Crippen LogP contribution in [-0.4, -0.2) is 26.6 Å². The zero-order valence-corrected chi connectivity index (χ0v) is 13.9. The minimum Gasteiger partial charge on any atom is -0.507 e. The summed E-state index contributed by atoms with van der Waals surface area (Å²) in [7, 11) is 0. The summed E-state index contributed by atoms with van der Waals surface area (Å²) in [5.41, 5.74) is 3.74. The minimum absolute atomic E-state index is 0.117. The molecule has 0 fully saturated rings. The number of carbonyl (C=O) groups is 1. The summed E-state index contributed by atoms with van der Waals surface area (Å²) in [5, 5.41) is 17.8. The third kappa shape index (κ3) is 3.09. The Morgan fingerprint density at radius 3 is 3.08 bits per heavy atom. The van der Waals surface area contributed by atoms with Crippen molar-refractivity contribution in [3.8, 4) is 5.75 Å². The number of amides is 1. The molecule has 4 rings (SSSR count). The van der Waals surface area contributed by atoms with Crippen LogP contribution in [0.5, 0.6) is 5.75 Å². The molecule has 25 heavy (non-hydrogen) atoms. The van der Waals surface area contributed by atoms with E-state index in [9.17, 15) is 9.90 Å². The van der Waals surface area contributed by atoms with E-state index in [1.165, 1.54) is 17.6 Å². The predicted molar refractivity (Wildman–Crippen MR) is 98.1 cm³/mol. The smallest absolute Gasteiger partial charge is 0.246 e. The van der Waals surface area contributed by atoms with Gasteiger partial charge in [-0.2, -0.15) is 5.10 Å². The summed E-state index contributed by atoms with van der Waals surface area (Å²) in [4.78, 5) is 17.2. The van der Waals surface area contributed by atoms with Crippen LogP contribution in [0.1, 0.15) is 11.3 Å². The van der Waals surface area contributed by atoms with E-state index in [0.29, 0.717) is 11.3 Å². The van der Waals surface area contributed by atoms with E-state index in [4.69, 9.17) is 0 Å². The van der Waals surface area contributed by atoms with E-state index < -0.39 is 0 Å². The number of phenols is 1. The molecule has 0 aliphatic carbocycles. The van der Waals surface area contributed by atoms with E-state index in [1.54, 1.807) is 6.07 Å². The molecule has 7 heteroatoms. The van der Waals surface area contributed by atoms with Crippen LogP contribution >= 0.6 is 11.3 Å². The Balaban J connectivity index is 1.48. The lowest BCUT2D eigenvalue weighted by Crippen LogP contribution is -2.20. The highest BCUT2D eigenvalue weighted by Crippen LogP contribution is 2.25. The van der Waals surface area contributed by atoms with Crippen molar-refractivity contribution >= 4 is 39.2 Å². The highest BCUT2D eigenvalue weighted by Gasteiger charge is 2.08. The Hall–Kier alpha value is -3.19. The van der Waals surface area contributed by atoms with E-state index in [2.05, 4.69) is 15.5 Å². The third-order valence-corrected chi connectivity index (χ3v) is 4.59. The van der Waals surface area contributed by atoms with Crippen molar-refractivity contribution < 1.29 is 9.90 Å². The summed E-state index contributed by atoms with van der Waals surface area (Å²) in [6.45, 7) is 0. The van der Waals surface area contributed by atoms with Crippen molar-refractivity contribution in [2.45, 2.75) is 6.42 Å². The number of hydrazone groups is 1. The number of imidazole rings is 1. The van der Waals surface area contributed by atoms with E-state index in [1.807, 2.05) is 52.5 Å². The van der Waals surface area contributed by atoms with Gasteiger partial charge in [-0.15, -0.1) is 11.3 Å². The van der Waals surface area contributed by atoms with Crippen LogP contribution in [0.2, 0.25) is 0 Å². The SMILES string of the molecule is O=C(Cc1cn2ccsc2n1)NN=Cc1c(O)ccc2ccccc12. The topological polar surface area (TPSA) is 79.0 Å². The van der Waals surface area contributed by atoms with Gasteiger partial charge in [0.25, 0.3) is 0 Å². The Morgan fingerprint density at radius 2 is 2.20 bits per heavy atom. The maximum atomic E-state index is 12.0. The number of aromatic nitrogens is 2. The van der Waals surface area contributed by atoms with Gasteiger partial charge < -0.3 is 5.11 Å². The predicted octanol–water partition coefficient (Wildman–Crippen LogP) is 2.95. The molecule has 2 aromatic heterocycles. The monoisotopic (exact) mass is 350 g/mol. The van der Waals surface area contributed by atoms with Crippen LogP contribution in [0.4, 0.5) is 0 Å². The number of thiazole rings is 1. The average molecular weight is 350 g/mol. The van der Waals surface area contributed by atoms with Crippen LogP contribution in [-0.2, 0) is 11.2 Å². The number of rotatable bonds is 4. The van der Waals surface area contributed by atoms with Crippen molar-refractivity contribution in [2.75, 3.05) is 0 Å². The second kappa shape index (κ2) is 6.37. The number of carbonyl (C=O) groups excluding carboxylic acids is 1. The number of aromatic hydroxyl groups is 1. The van der Waals surface area contributed by atoms with Crippen molar-refractivity contribution in [1.29, 1.82) is 0 Å². The molecule has 124 valence electrons. The first-order valence-electron chi connectivity index (χ1n) is 7.64. The lowest BCUT2D eigenvalue weighted by atomic mass is 10.0. The summed E-state index contributed by atoms with van der Waals surface area (Å²) < 4.78 is 1.88. The molecule has 0 saturated carbocycles. The van der Waals surface area contributed by atoms with Crippen molar-refractivity contribution in [1.82, 2.24) is 14.8 Å². The molecule has 4 aromatic rings. The highest BCUT2D eigenvalue weighted by molar-refractivity contribution is 7.15. The fraction of sp³-hybridized carbons (Fsp3) is 0.0556. The molecule has 1 amide bonds. The number of fused-ring (bicyclic) bond motifs is 2. The molecular formula is C18H14N4O2S. The molecule has 0 unspecified atom stereocenters. The summed E-state index contributed by atoms with van der Waals surface area (Å²) in [6.07, 6.45) is 5.33. The lowest BCUT2D eigenvalue weighted by Gasteiger charge is -2.04. The van der Waals surface area contributed by atoms with Crippen LogP contribution in [0.3, 0.4) is 0 Å². The van der Waals surface area contributed by atoms with Gasteiger partial charge in [-0.3, -0.25) is 9.20 Å². The molecule has 0 radical (unpaired) electrons. The second-order valence-corrected chi connectivity index (χ2v) is 6.39. The first kappa shape index (κ1) is 15.3. The summed E-state index contributed by atoms with van der Waals surface area (Å²) in [6, 6.07) is 11.1. The van der Waals surface area contributed by atoms with Crippen LogP contribution in [0, 0.1) is 0 Å². The van der Waals surface area contributed by atoms with Gasteiger partial charge in [0, 0.05) is 23.3 Å². The van der Waals surface area contributed by atoms with Gasteiger partial charge >= 0.3 is 0 Å². The molecule has 2 N–H and O–H groups in total. The van der Waals surface area contributed by atoms with Gasteiger partial charge in [0.2, 0.25) is 5.91 Å². The first-order chi connectivity index (χ1) is 12.2. The first-order valence-corrected chi connectivity index (χ1v) is 8.52. The molecule has 0 bridgehead atoms. The maximum absolute atomic E-state index is 12.0. The van der Waals surface area contributed by atoms with Crippen LogP contribution in [0.15, 0.2) is 59.3 Å². The van der Waals surface area contributed by atoms with Gasteiger partial charge in [-0.1, -0.05) is 30.3 Å². The molecule has 0 saturated heterocycles. The zero-order valence-electron chi connectivity index (χ0n) is 13.1. The van der Waals surface area contributed by atoms with Gasteiger partial charge in [0.05, 0.1) is 18.3 Å². The quantitative estimate of drug-likeness (QED) is 0.439. The van der Waals surface area contributed by atoms with Crippen molar-refractivity contribution in [2.24, 2.45) is 5.10 Å². The van der Waals surface area contributed by atoms with Gasteiger partial charge in [0.1, 0.15) is 5.75 Å². The Morgan fingerprint density at radius 1 is 1.32 bits per heavy atom. The maximum Gasteiger partial charge on any atom is 0.246 e. The van der Waals surface area contributed by atoms with Crippen molar-refractivity contribution in [3.63, 3.8) is 0 Å². The highest BCUT2D eigenvalue weighted by atomic mass is 32.1. The minimum atomic E-state index is -0.262. The number of phenolic OH excluding ortho intramolecular Hbond substituents is 1. The molecule has 0 aliphatic rings. The zero-order chi connectivity index (χ0) is 17.2. The number of benzene rings is 2. The van der Waals surface area contributed by atoms with Crippen LogP contribution < -0.4 is 5.43 Å². The fourth-order valence-corrected chi connectivity index (χ4v) is 3.37. The van der Waals surface area contributed by atoms with E-state index in [-0.39, 0.29) is 18.1 Å². The standard InChI is InChI=1S/C18H14N4O2S/c23-16-6-5-12-3-1-2-4-14(12)15(16)10-19-21-17(24)9-13-11-22-7-8-25-18(22)20-13/h1-8,10-11,23H,9H2,(H,21,24). The number of nitrogens with one attached hydrogen (secondary N) is 1. The average Bonchev–Trinajstić information content (AvgIpc) is 3.18. The fourth-order valence-electron chi connectivity index (χ4n) is 2.65. The molecule has 2 heterocycles. The Labute approximate surface area is 147 Å². The van der Waals surface area contributed by atoms with Gasteiger partial charge in [-0.05, 0) is 16.8 Å². The van der Waals surface area contributed by atoms with Crippen LogP contribution in [0.25, 0.3) is 15.7 Å². The van der Waals surface area contributed by atoms with Gasteiger partial charge in [0.15, 0.2) is 4.96 Å². The van der Waals surface area contributed by atoms with Gasteiger partial charge in [-0.25, -0.2) is 10.4 Å². The molecule has 6 nitrogen and oxygen atoms in total. The number of nitrogens with zero attached hydrogens (tertiary/aromatic N) is 3. The second-order valence-electron chi connectivity index (χ2n) is 5.51. The number of hydrogen-bond acceptors (Lipinski definition) is 5. The Bertz CT molecular complexity index is 1070. The largest absolute Gasteiger partial charge is 0.507 e. The molecular weight excluding hydrogens is 336 g/mol.